The van der Waals surface area contributed by atoms with Gasteiger partial charge in [0, 0.05) is 17.1 Å². The predicted molar refractivity (Wildman–Crippen MR) is 53.0 cm³/mol. The van der Waals surface area contributed by atoms with E-state index in [-0.39, 0.29) is 24.0 Å². The van der Waals surface area contributed by atoms with Crippen LogP contribution in [0.3, 0.4) is 0 Å². The van der Waals surface area contributed by atoms with E-state index in [1.54, 1.807) is 0 Å². The van der Waals surface area contributed by atoms with E-state index in [0.717, 1.165) is 6.42 Å². The molecule has 0 heterocycles. The maximum absolute atomic E-state index is 8.75. The van der Waals surface area contributed by atoms with Crippen LogP contribution in [0, 0.1) is 11.3 Å². The second kappa shape index (κ2) is 6.57. The number of hydrogen-bond acceptors (Lipinski definition) is 3. The van der Waals surface area contributed by atoms with Crippen LogP contribution in [0.2, 0.25) is 0 Å². The zero-order valence-corrected chi connectivity index (χ0v) is 8.84. The summed E-state index contributed by atoms with van der Waals surface area (Å²) in [6.07, 6.45) is 1.39. The molecule has 0 fully saturated rings. The van der Waals surface area contributed by atoms with E-state index in [1.165, 1.54) is 0 Å². The minimum Gasteiger partial charge on any atom is -0.396 e. The number of alkyl halides is 1. The summed E-state index contributed by atoms with van der Waals surface area (Å²) in [5, 5.41) is 24.6. The van der Waals surface area contributed by atoms with Crippen LogP contribution in [0.5, 0.6) is 0 Å². The number of hydrogen-bond donors (Lipinski definition) is 3. The molecule has 0 bridgehead atoms. The molecule has 4 heteroatoms. The minimum absolute atomic E-state index is 0.171. The Hall–Kier alpha value is 0.0700. The van der Waals surface area contributed by atoms with Gasteiger partial charge in [-0.05, 0) is 18.8 Å². The molecule has 0 radical (unpaired) electrons. The summed E-state index contributed by atoms with van der Waals surface area (Å²) in [6, 6.07) is 0. The van der Waals surface area contributed by atoms with Crippen LogP contribution >= 0.6 is 15.9 Å². The van der Waals surface area contributed by atoms with Crippen LogP contribution in [0.25, 0.3) is 0 Å². The average Bonchev–Trinajstić information content (AvgIpc) is 2.03. The van der Waals surface area contributed by atoms with Crippen LogP contribution in [0.4, 0.5) is 0 Å². The lowest BCUT2D eigenvalue weighted by Gasteiger charge is -2.13. The summed E-state index contributed by atoms with van der Waals surface area (Å²) in [6.45, 7) is 1.96. The number of halogens is 1. The third-order valence-corrected chi connectivity index (χ3v) is 2.33. The quantitative estimate of drug-likeness (QED) is 0.480. The molecule has 0 amide bonds. The molecule has 0 aliphatic heterocycles. The Kier molecular flexibility index (Phi) is 6.61. The second-order valence-corrected chi connectivity index (χ2v) is 4.38. The molecule has 12 heavy (non-hydrogen) atoms. The summed E-state index contributed by atoms with van der Waals surface area (Å²) < 4.78 is 0. The SMILES string of the molecule is CC(CO)CC(Br)CC(=N)CO. The van der Waals surface area contributed by atoms with E-state index >= 15 is 0 Å². The van der Waals surface area contributed by atoms with Crippen molar-refractivity contribution in [3.8, 4) is 0 Å². The van der Waals surface area contributed by atoms with Gasteiger partial charge in [-0.25, -0.2) is 0 Å². The number of aliphatic hydroxyl groups excluding tert-OH is 2. The molecule has 3 nitrogen and oxygen atoms in total. The molecule has 3 N–H and O–H groups in total. The van der Waals surface area contributed by atoms with Crippen LogP contribution < -0.4 is 0 Å². The zero-order valence-electron chi connectivity index (χ0n) is 7.26. The first-order valence-corrected chi connectivity index (χ1v) is 4.93. The Morgan fingerprint density at radius 3 is 2.50 bits per heavy atom. The van der Waals surface area contributed by atoms with Crippen molar-refractivity contribution >= 4 is 21.6 Å². The molecule has 0 spiro atoms. The van der Waals surface area contributed by atoms with Crippen LogP contribution in [-0.4, -0.2) is 34.0 Å². The summed E-state index contributed by atoms with van der Waals surface area (Å²) in [4.78, 5) is 0.194. The molecule has 0 aliphatic carbocycles. The van der Waals surface area contributed by atoms with Crippen molar-refractivity contribution in [1.29, 1.82) is 5.41 Å². The fourth-order valence-electron chi connectivity index (χ4n) is 0.926. The first-order valence-electron chi connectivity index (χ1n) is 4.02. The number of aliphatic hydroxyl groups is 2. The highest BCUT2D eigenvalue weighted by Crippen LogP contribution is 2.16. The molecule has 2 atom stereocenters. The van der Waals surface area contributed by atoms with Gasteiger partial charge in [0.15, 0.2) is 0 Å². The van der Waals surface area contributed by atoms with Gasteiger partial charge in [0.2, 0.25) is 0 Å². The van der Waals surface area contributed by atoms with Gasteiger partial charge in [0.05, 0.1) is 6.61 Å². The van der Waals surface area contributed by atoms with E-state index in [1.807, 2.05) is 6.92 Å². The van der Waals surface area contributed by atoms with Crippen molar-refractivity contribution in [3.05, 3.63) is 0 Å². The molecule has 0 saturated carbocycles. The second-order valence-electron chi connectivity index (χ2n) is 3.09. The van der Waals surface area contributed by atoms with Crippen molar-refractivity contribution in [1.82, 2.24) is 0 Å². The summed E-state index contributed by atoms with van der Waals surface area (Å²) in [7, 11) is 0. The summed E-state index contributed by atoms with van der Waals surface area (Å²) >= 11 is 3.40. The molecule has 0 aliphatic rings. The molecular formula is C8H16BrNO2. The highest BCUT2D eigenvalue weighted by molar-refractivity contribution is 9.09. The van der Waals surface area contributed by atoms with Crippen molar-refractivity contribution in [2.45, 2.75) is 24.6 Å². The topological polar surface area (TPSA) is 64.3 Å². The highest BCUT2D eigenvalue weighted by Gasteiger charge is 2.10. The standard InChI is InChI=1S/C8H16BrNO2/c1-6(4-11)2-7(9)3-8(10)5-12/h6-7,10-12H,2-5H2,1H3. The van der Waals surface area contributed by atoms with Gasteiger partial charge in [0.1, 0.15) is 0 Å². The normalized spacial score (nSPS) is 15.7. The van der Waals surface area contributed by atoms with Gasteiger partial charge >= 0.3 is 0 Å². The molecule has 2 unspecified atom stereocenters. The predicted octanol–water partition coefficient (Wildman–Crippen LogP) is 1.17. The Bertz CT molecular complexity index is 141. The fourth-order valence-corrected chi connectivity index (χ4v) is 1.96. The van der Waals surface area contributed by atoms with Crippen LogP contribution in [0.1, 0.15) is 19.8 Å². The van der Waals surface area contributed by atoms with Crippen LogP contribution in [0.15, 0.2) is 0 Å². The van der Waals surface area contributed by atoms with E-state index < -0.39 is 0 Å². The molecular weight excluding hydrogens is 222 g/mol. The molecule has 0 aromatic carbocycles. The number of nitrogens with one attached hydrogen (secondary N) is 1. The Balaban J connectivity index is 3.58. The maximum Gasteiger partial charge on any atom is 0.0807 e. The van der Waals surface area contributed by atoms with Gasteiger partial charge in [-0.1, -0.05) is 22.9 Å². The van der Waals surface area contributed by atoms with Crippen LogP contribution in [-0.2, 0) is 0 Å². The van der Waals surface area contributed by atoms with Gasteiger partial charge < -0.3 is 15.6 Å². The minimum atomic E-state index is -0.171. The zero-order chi connectivity index (χ0) is 9.56. The van der Waals surface area contributed by atoms with Crippen molar-refractivity contribution < 1.29 is 10.2 Å². The maximum atomic E-state index is 8.75. The summed E-state index contributed by atoms with van der Waals surface area (Å²) in [5.74, 6) is 0.251. The third kappa shape index (κ3) is 5.69. The molecule has 72 valence electrons. The monoisotopic (exact) mass is 237 g/mol. The van der Waals surface area contributed by atoms with Crippen molar-refractivity contribution in [2.24, 2.45) is 5.92 Å². The van der Waals surface area contributed by atoms with Gasteiger partial charge in [-0.2, -0.15) is 0 Å². The molecule has 0 saturated heterocycles. The van der Waals surface area contributed by atoms with E-state index in [2.05, 4.69) is 15.9 Å². The summed E-state index contributed by atoms with van der Waals surface area (Å²) in [5.41, 5.74) is 0.335. The van der Waals surface area contributed by atoms with Gasteiger partial charge in [0.25, 0.3) is 0 Å². The Labute approximate surface area is 81.4 Å². The van der Waals surface area contributed by atoms with E-state index in [9.17, 15) is 0 Å². The smallest absolute Gasteiger partial charge is 0.0807 e. The Morgan fingerprint density at radius 2 is 2.08 bits per heavy atom. The number of rotatable bonds is 6. The highest BCUT2D eigenvalue weighted by atomic mass is 79.9. The van der Waals surface area contributed by atoms with E-state index in [0.29, 0.717) is 12.1 Å². The van der Waals surface area contributed by atoms with E-state index in [4.69, 9.17) is 15.6 Å². The average molecular weight is 238 g/mol. The van der Waals surface area contributed by atoms with Gasteiger partial charge in [-0.15, -0.1) is 0 Å². The first-order chi connectivity index (χ1) is 5.60. The fraction of sp³-hybridized carbons (Fsp3) is 0.875. The molecule has 0 rings (SSSR count). The lowest BCUT2D eigenvalue weighted by atomic mass is 10.0. The molecule has 0 aromatic rings. The first kappa shape index (κ1) is 12.1. The third-order valence-electron chi connectivity index (χ3n) is 1.63. The Morgan fingerprint density at radius 1 is 1.50 bits per heavy atom. The molecule has 0 aromatic heterocycles. The van der Waals surface area contributed by atoms with Gasteiger partial charge in [-0.3, -0.25) is 0 Å². The lowest BCUT2D eigenvalue weighted by Crippen LogP contribution is -2.14. The largest absolute Gasteiger partial charge is 0.396 e. The van der Waals surface area contributed by atoms with Crippen molar-refractivity contribution in [3.63, 3.8) is 0 Å². The lowest BCUT2D eigenvalue weighted by molar-refractivity contribution is 0.230. The van der Waals surface area contributed by atoms with Crippen molar-refractivity contribution in [2.75, 3.05) is 13.2 Å².